The monoisotopic (exact) mass is 301 g/mol. The van der Waals surface area contributed by atoms with Gasteiger partial charge in [0, 0.05) is 11.4 Å². The second-order valence-electron chi connectivity index (χ2n) is 5.10. The van der Waals surface area contributed by atoms with Crippen molar-refractivity contribution in [2.24, 2.45) is 0 Å². The fourth-order valence-corrected chi connectivity index (χ4v) is 2.46. The Morgan fingerprint density at radius 1 is 1.24 bits per heavy atom. The van der Waals surface area contributed by atoms with Gasteiger partial charge in [-0.1, -0.05) is 23.7 Å². The Bertz CT molecular complexity index is 672. The van der Waals surface area contributed by atoms with Crippen LogP contribution in [0.5, 0.6) is 5.75 Å². The summed E-state index contributed by atoms with van der Waals surface area (Å²) in [6.07, 6.45) is 0.364. The fourth-order valence-electron chi connectivity index (χ4n) is 2.26. The summed E-state index contributed by atoms with van der Waals surface area (Å²) in [5.41, 5.74) is 1.06. The molecule has 0 fully saturated rings. The van der Waals surface area contributed by atoms with Crippen molar-refractivity contribution in [1.82, 2.24) is 0 Å². The molecule has 1 atom stereocenters. The maximum absolute atomic E-state index is 10.7. The van der Waals surface area contributed by atoms with E-state index in [1.54, 1.807) is 56.5 Å². The van der Waals surface area contributed by atoms with E-state index in [9.17, 15) is 5.11 Å². The van der Waals surface area contributed by atoms with Gasteiger partial charge in [-0.2, -0.15) is 5.26 Å². The molecule has 0 radical (unpaired) electrons. The summed E-state index contributed by atoms with van der Waals surface area (Å²) >= 11 is 6.01. The zero-order chi connectivity index (χ0) is 15.5. The number of rotatable bonds is 4. The second kappa shape index (κ2) is 6.17. The molecule has 1 N–H and O–H groups in total. The fraction of sp³-hybridized carbons (Fsp3) is 0.235. The molecule has 0 saturated heterocycles. The normalized spacial score (nSPS) is 13.3. The Morgan fingerprint density at radius 3 is 2.48 bits per heavy atom. The first-order valence-electron chi connectivity index (χ1n) is 6.52. The predicted molar refractivity (Wildman–Crippen MR) is 82.4 cm³/mol. The van der Waals surface area contributed by atoms with Crippen LogP contribution in [0.15, 0.2) is 42.5 Å². The number of benzene rings is 2. The number of methoxy groups -OCH3 is 1. The molecule has 21 heavy (non-hydrogen) atoms. The Morgan fingerprint density at radius 2 is 1.90 bits per heavy atom. The zero-order valence-corrected chi connectivity index (χ0v) is 12.7. The standard InChI is InChI=1S/C17H16ClNO2/c1-17(20,14-5-3-12(11-19)4-6-14)10-13-9-15(18)7-8-16(13)21-2/h3-9,20H,10H2,1-2H3. The lowest BCUT2D eigenvalue weighted by molar-refractivity contribution is 0.0570. The van der Waals surface area contributed by atoms with Crippen LogP contribution >= 0.6 is 11.6 Å². The van der Waals surface area contributed by atoms with Gasteiger partial charge in [-0.25, -0.2) is 0 Å². The van der Waals surface area contributed by atoms with E-state index in [0.717, 1.165) is 11.1 Å². The van der Waals surface area contributed by atoms with Gasteiger partial charge in [0.15, 0.2) is 0 Å². The van der Waals surface area contributed by atoms with Gasteiger partial charge in [0.1, 0.15) is 5.75 Å². The van der Waals surface area contributed by atoms with Crippen molar-refractivity contribution in [3.05, 3.63) is 64.2 Å². The molecule has 4 heteroatoms. The van der Waals surface area contributed by atoms with Crippen LogP contribution in [0.4, 0.5) is 0 Å². The molecule has 0 aromatic heterocycles. The number of nitrogens with zero attached hydrogens (tertiary/aromatic N) is 1. The number of aliphatic hydroxyl groups is 1. The number of ether oxygens (including phenoxy) is 1. The SMILES string of the molecule is COc1ccc(Cl)cc1CC(C)(O)c1ccc(C#N)cc1. The molecule has 2 aromatic carbocycles. The first-order chi connectivity index (χ1) is 9.96. The van der Waals surface area contributed by atoms with E-state index in [0.29, 0.717) is 22.8 Å². The van der Waals surface area contributed by atoms with Crippen molar-refractivity contribution in [3.63, 3.8) is 0 Å². The van der Waals surface area contributed by atoms with E-state index >= 15 is 0 Å². The van der Waals surface area contributed by atoms with E-state index in [1.807, 2.05) is 0 Å². The predicted octanol–water partition coefficient (Wildman–Crippen LogP) is 3.67. The number of nitriles is 1. The average molecular weight is 302 g/mol. The molecule has 3 nitrogen and oxygen atoms in total. The molecule has 0 bridgehead atoms. The lowest BCUT2D eigenvalue weighted by atomic mass is 9.88. The molecule has 1 unspecified atom stereocenters. The van der Waals surface area contributed by atoms with Gasteiger partial charge < -0.3 is 9.84 Å². The minimum atomic E-state index is -1.08. The van der Waals surface area contributed by atoms with Crippen molar-refractivity contribution in [2.75, 3.05) is 7.11 Å². The van der Waals surface area contributed by atoms with Gasteiger partial charge in [-0.3, -0.25) is 0 Å². The summed E-state index contributed by atoms with van der Waals surface area (Å²) < 4.78 is 5.31. The Hall–Kier alpha value is -2.02. The van der Waals surface area contributed by atoms with E-state index < -0.39 is 5.60 Å². The number of halogens is 1. The molecule has 0 aliphatic heterocycles. The molecule has 0 amide bonds. The smallest absolute Gasteiger partial charge is 0.122 e. The van der Waals surface area contributed by atoms with Crippen LogP contribution in [-0.2, 0) is 12.0 Å². The molecule has 2 rings (SSSR count). The van der Waals surface area contributed by atoms with Crippen LogP contribution in [0, 0.1) is 11.3 Å². The summed E-state index contributed by atoms with van der Waals surface area (Å²) in [7, 11) is 1.59. The molecular formula is C17H16ClNO2. The van der Waals surface area contributed by atoms with Gasteiger partial charge in [0.2, 0.25) is 0 Å². The maximum atomic E-state index is 10.7. The third kappa shape index (κ3) is 3.55. The maximum Gasteiger partial charge on any atom is 0.122 e. The molecule has 2 aromatic rings. The van der Waals surface area contributed by atoms with Gasteiger partial charge >= 0.3 is 0 Å². The lowest BCUT2D eigenvalue weighted by Crippen LogP contribution is -2.24. The van der Waals surface area contributed by atoms with Crippen LogP contribution in [0.2, 0.25) is 5.02 Å². The third-order valence-corrected chi connectivity index (χ3v) is 3.65. The zero-order valence-electron chi connectivity index (χ0n) is 11.9. The van der Waals surface area contributed by atoms with Crippen molar-refractivity contribution >= 4 is 11.6 Å². The Labute approximate surface area is 129 Å². The average Bonchev–Trinajstić information content (AvgIpc) is 2.47. The minimum absolute atomic E-state index is 0.364. The molecule has 0 heterocycles. The molecular weight excluding hydrogens is 286 g/mol. The Kier molecular flexibility index (Phi) is 4.52. The lowest BCUT2D eigenvalue weighted by Gasteiger charge is -2.25. The van der Waals surface area contributed by atoms with Crippen molar-refractivity contribution < 1.29 is 9.84 Å². The van der Waals surface area contributed by atoms with E-state index in [1.165, 1.54) is 0 Å². The highest BCUT2D eigenvalue weighted by molar-refractivity contribution is 6.30. The molecule has 0 aliphatic carbocycles. The van der Waals surface area contributed by atoms with E-state index in [2.05, 4.69) is 6.07 Å². The van der Waals surface area contributed by atoms with Crippen molar-refractivity contribution in [3.8, 4) is 11.8 Å². The summed E-state index contributed by atoms with van der Waals surface area (Å²) in [4.78, 5) is 0. The summed E-state index contributed by atoms with van der Waals surface area (Å²) in [5.74, 6) is 0.688. The Balaban J connectivity index is 2.32. The van der Waals surface area contributed by atoms with Crippen LogP contribution in [0.25, 0.3) is 0 Å². The quantitative estimate of drug-likeness (QED) is 0.937. The first kappa shape index (κ1) is 15.4. The van der Waals surface area contributed by atoms with Gasteiger partial charge in [-0.05, 0) is 48.4 Å². The molecule has 108 valence electrons. The summed E-state index contributed by atoms with van der Waals surface area (Å²) in [6.45, 7) is 1.73. The first-order valence-corrected chi connectivity index (χ1v) is 6.89. The summed E-state index contributed by atoms with van der Waals surface area (Å²) in [6, 6.07) is 14.3. The number of hydrogen-bond donors (Lipinski definition) is 1. The van der Waals surface area contributed by atoms with Crippen molar-refractivity contribution in [2.45, 2.75) is 18.9 Å². The summed E-state index contributed by atoms with van der Waals surface area (Å²) in [5, 5.41) is 20.2. The van der Waals surface area contributed by atoms with Crippen LogP contribution in [0.3, 0.4) is 0 Å². The van der Waals surface area contributed by atoms with Crippen LogP contribution in [-0.4, -0.2) is 12.2 Å². The van der Waals surface area contributed by atoms with Crippen LogP contribution in [0.1, 0.15) is 23.6 Å². The highest BCUT2D eigenvalue weighted by Gasteiger charge is 2.25. The third-order valence-electron chi connectivity index (χ3n) is 3.41. The van der Waals surface area contributed by atoms with Gasteiger partial charge in [-0.15, -0.1) is 0 Å². The molecule has 0 saturated carbocycles. The van der Waals surface area contributed by atoms with Crippen LogP contribution < -0.4 is 4.74 Å². The van der Waals surface area contributed by atoms with E-state index in [-0.39, 0.29) is 0 Å². The highest BCUT2D eigenvalue weighted by atomic mass is 35.5. The van der Waals surface area contributed by atoms with E-state index in [4.69, 9.17) is 21.6 Å². The minimum Gasteiger partial charge on any atom is -0.496 e. The topological polar surface area (TPSA) is 53.2 Å². The molecule has 0 aliphatic rings. The van der Waals surface area contributed by atoms with Gasteiger partial charge in [0.05, 0.1) is 24.3 Å². The largest absolute Gasteiger partial charge is 0.496 e. The molecule has 0 spiro atoms. The van der Waals surface area contributed by atoms with Gasteiger partial charge in [0.25, 0.3) is 0 Å². The van der Waals surface area contributed by atoms with Crippen molar-refractivity contribution in [1.29, 1.82) is 5.26 Å². The number of hydrogen-bond acceptors (Lipinski definition) is 3. The second-order valence-corrected chi connectivity index (χ2v) is 5.53. The highest BCUT2D eigenvalue weighted by Crippen LogP contribution is 2.31.